The molecule has 0 unspecified atom stereocenters. The zero-order valence-electron chi connectivity index (χ0n) is 40.6. The molecule has 2 aliphatic rings. The van der Waals surface area contributed by atoms with Crippen LogP contribution in [-0.4, -0.2) is 127 Å². The van der Waals surface area contributed by atoms with Crippen LogP contribution in [0.1, 0.15) is 208 Å². The number of allylic oxidation sites excluding steroid dienone is 2. The Morgan fingerprint density at radius 3 is 1.41 bits per heavy atom. The zero-order chi connectivity index (χ0) is 45.9. The van der Waals surface area contributed by atoms with Gasteiger partial charge in [-0.1, -0.05) is 167 Å². The van der Waals surface area contributed by atoms with Crippen LogP contribution in [0, 0.1) is 0 Å². The molecule has 0 aromatic rings. The van der Waals surface area contributed by atoms with Crippen molar-refractivity contribution in [3.05, 3.63) is 12.2 Å². The molecule has 368 valence electrons. The van der Waals surface area contributed by atoms with Crippen LogP contribution < -0.4 is 51.4 Å². The van der Waals surface area contributed by atoms with Crippen molar-refractivity contribution >= 4 is 11.9 Å². The number of aliphatic hydroxyl groups excluding tert-OH is 7. The van der Waals surface area contributed by atoms with Crippen molar-refractivity contribution < 1.29 is 122 Å². The van der Waals surface area contributed by atoms with Gasteiger partial charge in [0.25, 0.3) is 0 Å². The number of carboxylic acid groups (broad SMARTS) is 1. The molecule has 9 atom stereocenters. The molecule has 2 fully saturated rings. The number of rotatable bonds is 37. The molecule has 2 rings (SSSR count). The van der Waals surface area contributed by atoms with Gasteiger partial charge in [0, 0.05) is 12.8 Å². The van der Waals surface area contributed by atoms with Gasteiger partial charge in [-0.15, -0.1) is 0 Å². The molecule has 0 spiro atoms. The summed E-state index contributed by atoms with van der Waals surface area (Å²) in [6.45, 7) is 2.40. The van der Waals surface area contributed by atoms with Gasteiger partial charge in [-0.2, -0.15) is 0 Å². The summed E-state index contributed by atoms with van der Waals surface area (Å²) < 4.78 is 21.5. The maximum absolute atomic E-state index is 12.2. The van der Waals surface area contributed by atoms with E-state index in [2.05, 4.69) is 26.0 Å². The van der Waals surface area contributed by atoms with Crippen LogP contribution in [0.15, 0.2) is 12.2 Å². The third kappa shape index (κ3) is 28.8. The average Bonchev–Trinajstić information content (AvgIpc) is 3.51. The van der Waals surface area contributed by atoms with E-state index in [9.17, 15) is 45.3 Å². The van der Waals surface area contributed by atoms with Crippen molar-refractivity contribution in [1.82, 2.24) is 0 Å². The molecular formula is C48H91KO14. The number of aliphatic carboxylic acids is 1. The van der Waals surface area contributed by atoms with Crippen LogP contribution >= 0.6 is 0 Å². The Bertz CT molecular complexity index is 1120. The first-order valence-electron chi connectivity index (χ1n) is 24.6. The molecular weight excluding hydrogens is 840 g/mol. The van der Waals surface area contributed by atoms with Crippen LogP contribution in [0.3, 0.4) is 0 Å². The van der Waals surface area contributed by atoms with Gasteiger partial charge < -0.3 is 61.2 Å². The molecule has 0 aromatic carbocycles. The average molecular weight is 931 g/mol. The van der Waals surface area contributed by atoms with E-state index < -0.39 is 86.6 Å². The fraction of sp³-hybridized carbons (Fsp3) is 0.917. The number of aliphatic hydroxyl groups is 7. The first-order chi connectivity index (χ1) is 30.0. The number of hydrogen-bond acceptors (Lipinski definition) is 13. The summed E-state index contributed by atoms with van der Waals surface area (Å²) in [4.78, 5) is 22.6. The number of carbonyl (C=O) groups excluding carboxylic acids is 1. The van der Waals surface area contributed by atoms with Gasteiger partial charge >= 0.3 is 63.3 Å². The molecule has 8 N–H and O–H groups in total. The SMILES string of the molecule is CCCCCCCC/C=C\CCCCCCCC(=O)O.CCCCCCCCCCCCCCCCCC(=O)OC[C@H]1O[C@H](O[C@]2(CO)O[C@H](CO)[C@@H](O)[C@@H]2O)[C@H](O)[C@@H](O)[C@@H]1O.[H-].[K+]. The Hall–Kier alpha value is -0.0836. The minimum atomic E-state index is -2.27. The monoisotopic (exact) mass is 931 g/mol. The van der Waals surface area contributed by atoms with Crippen LogP contribution in [0.2, 0.25) is 0 Å². The van der Waals surface area contributed by atoms with E-state index in [1.54, 1.807) is 0 Å². The van der Waals surface area contributed by atoms with E-state index in [-0.39, 0.29) is 59.2 Å². The van der Waals surface area contributed by atoms with Crippen molar-refractivity contribution in [2.45, 2.75) is 261 Å². The zero-order valence-corrected chi connectivity index (χ0v) is 42.8. The molecule has 2 heterocycles. The predicted molar refractivity (Wildman–Crippen MR) is 240 cm³/mol. The molecule has 0 amide bonds. The summed E-state index contributed by atoms with van der Waals surface area (Å²) >= 11 is 0. The molecule has 0 aromatic heterocycles. The van der Waals surface area contributed by atoms with E-state index >= 15 is 0 Å². The fourth-order valence-corrected chi connectivity index (χ4v) is 7.85. The number of hydrogen-bond donors (Lipinski definition) is 8. The van der Waals surface area contributed by atoms with Gasteiger partial charge in [-0.3, -0.25) is 9.59 Å². The van der Waals surface area contributed by atoms with Crippen LogP contribution in [-0.2, 0) is 28.5 Å². The third-order valence-electron chi connectivity index (χ3n) is 11.9. The summed E-state index contributed by atoms with van der Waals surface area (Å²) in [5.41, 5.74) is 0. The maximum atomic E-state index is 12.2. The normalized spacial score (nSPS) is 25.7. The Kier molecular flexibility index (Phi) is 40.9. The smallest absolute Gasteiger partial charge is 1.00 e. The van der Waals surface area contributed by atoms with Crippen molar-refractivity contribution in [3.8, 4) is 0 Å². The minimum Gasteiger partial charge on any atom is -1.00 e. The Balaban J connectivity index is 0. The predicted octanol–water partition coefficient (Wildman–Crippen LogP) is 4.64. The quantitative estimate of drug-likeness (QED) is 0.0184. The van der Waals surface area contributed by atoms with Gasteiger partial charge in [0.2, 0.25) is 5.79 Å². The molecule has 2 saturated heterocycles. The third-order valence-corrected chi connectivity index (χ3v) is 11.9. The van der Waals surface area contributed by atoms with Gasteiger partial charge in [-0.05, 0) is 38.5 Å². The maximum Gasteiger partial charge on any atom is 1.00 e. The van der Waals surface area contributed by atoms with Crippen molar-refractivity contribution in [2.75, 3.05) is 19.8 Å². The number of carboxylic acids is 1. The molecule has 63 heavy (non-hydrogen) atoms. The molecule has 15 heteroatoms. The largest absolute Gasteiger partial charge is 1.00 e. The van der Waals surface area contributed by atoms with Gasteiger partial charge in [0.05, 0.1) is 6.61 Å². The van der Waals surface area contributed by atoms with Gasteiger partial charge in [0.15, 0.2) is 6.29 Å². The standard InChI is InChI=1S/C30H56O12.C18H34O2.K.H/c1-2-3-4-5-6-7-8-9-10-11-12-13-14-15-16-17-23(33)39-19-22-24(34)26(36)27(37)29(40-22)42-30(20-32)28(38)25(35)21(18-31)41-30;1-2-3-4-5-6-7-8-9-10-11-12-13-14-15-16-17-18(19)20;;/h21-22,24-29,31-32,34-38H,2-20H2,1H3;9-10H,2-8,11-17H2,1H3,(H,19,20);;/q;;+1;-1/b;10-9-;;/t21-,22-,24-,25-,26+,27-,28+,29-,30+;;;/m1.../s1. The van der Waals surface area contributed by atoms with Gasteiger partial charge in [0.1, 0.15) is 55.9 Å². The van der Waals surface area contributed by atoms with E-state index in [0.29, 0.717) is 12.8 Å². The summed E-state index contributed by atoms with van der Waals surface area (Å²) in [5, 5.41) is 79.0. The van der Waals surface area contributed by atoms with Gasteiger partial charge in [-0.25, -0.2) is 0 Å². The van der Waals surface area contributed by atoms with Crippen LogP contribution in [0.4, 0.5) is 0 Å². The Labute approximate surface area is 424 Å². The second-order valence-corrected chi connectivity index (χ2v) is 17.5. The second-order valence-electron chi connectivity index (χ2n) is 17.5. The summed E-state index contributed by atoms with van der Waals surface area (Å²) in [5.74, 6) is -3.42. The Morgan fingerprint density at radius 2 is 1.00 bits per heavy atom. The number of esters is 1. The fourth-order valence-electron chi connectivity index (χ4n) is 7.85. The molecule has 0 saturated carbocycles. The Morgan fingerprint density at radius 1 is 0.571 bits per heavy atom. The van der Waals surface area contributed by atoms with Crippen LogP contribution in [0.25, 0.3) is 0 Å². The topological polar surface area (TPSA) is 233 Å². The molecule has 0 aliphatic carbocycles. The first kappa shape index (κ1) is 62.9. The van der Waals surface area contributed by atoms with Crippen LogP contribution in [0.5, 0.6) is 0 Å². The second kappa shape index (κ2) is 40.9. The molecule has 2 aliphatic heterocycles. The van der Waals surface area contributed by atoms with Crippen molar-refractivity contribution in [2.24, 2.45) is 0 Å². The van der Waals surface area contributed by atoms with E-state index in [1.807, 2.05) is 0 Å². The van der Waals surface area contributed by atoms with E-state index in [0.717, 1.165) is 32.1 Å². The van der Waals surface area contributed by atoms with Crippen molar-refractivity contribution in [3.63, 3.8) is 0 Å². The molecule has 14 nitrogen and oxygen atoms in total. The summed E-state index contributed by atoms with van der Waals surface area (Å²) in [6, 6.07) is 0. The minimum absolute atomic E-state index is 0. The molecule has 0 radical (unpaired) electrons. The summed E-state index contributed by atoms with van der Waals surface area (Å²) in [6.07, 6.45) is 26.8. The van der Waals surface area contributed by atoms with Crippen molar-refractivity contribution in [1.29, 1.82) is 0 Å². The van der Waals surface area contributed by atoms with E-state index in [1.165, 1.54) is 141 Å². The summed E-state index contributed by atoms with van der Waals surface area (Å²) in [7, 11) is 0. The molecule has 0 bridgehead atoms. The van der Waals surface area contributed by atoms with E-state index in [4.69, 9.17) is 24.1 Å². The number of carbonyl (C=O) groups is 2. The number of unbranched alkanes of at least 4 members (excludes halogenated alkanes) is 25. The first-order valence-corrected chi connectivity index (χ1v) is 24.6. The number of ether oxygens (including phenoxy) is 4.